The lowest BCUT2D eigenvalue weighted by Gasteiger charge is -2.35. The minimum Gasteiger partial charge on any atom is -0.352 e. The summed E-state index contributed by atoms with van der Waals surface area (Å²) < 4.78 is 13.2. The zero-order valence-corrected chi connectivity index (χ0v) is 16.2. The van der Waals surface area contributed by atoms with Gasteiger partial charge in [0.15, 0.2) is 11.6 Å². The number of aromatic nitrogens is 3. The lowest BCUT2D eigenvalue weighted by atomic mass is 10.1. The zero-order valence-electron chi connectivity index (χ0n) is 15.4. The highest BCUT2D eigenvalue weighted by Crippen LogP contribution is 2.21. The standard InChI is InChI=1S/C20H18ClFN6O/c21-17-12-14(22)3-4-16(17)20(29)28-10-8-27(9-11-28)19-6-5-18(25-26-19)24-15-2-1-7-23-13-15/h1-7,12-13H,8-11H2,(H,24,25). The van der Waals surface area contributed by atoms with E-state index in [0.29, 0.717) is 37.6 Å². The molecule has 4 rings (SSSR count). The van der Waals surface area contributed by atoms with E-state index in [2.05, 4.69) is 25.4 Å². The Hall–Kier alpha value is -3.26. The predicted molar refractivity (Wildman–Crippen MR) is 109 cm³/mol. The van der Waals surface area contributed by atoms with Crippen LogP contribution >= 0.6 is 11.6 Å². The molecule has 1 aromatic carbocycles. The van der Waals surface area contributed by atoms with Gasteiger partial charge in [-0.15, -0.1) is 10.2 Å². The second-order valence-corrected chi connectivity index (χ2v) is 6.95. The van der Waals surface area contributed by atoms with E-state index in [9.17, 15) is 9.18 Å². The molecule has 3 heterocycles. The van der Waals surface area contributed by atoms with Crippen LogP contribution in [0.4, 0.5) is 21.7 Å². The third-order valence-corrected chi connectivity index (χ3v) is 4.95. The van der Waals surface area contributed by atoms with Crippen LogP contribution in [0.2, 0.25) is 5.02 Å². The van der Waals surface area contributed by atoms with Gasteiger partial charge in [0.1, 0.15) is 5.82 Å². The lowest BCUT2D eigenvalue weighted by Crippen LogP contribution is -2.49. The number of rotatable bonds is 4. The smallest absolute Gasteiger partial charge is 0.255 e. The minimum atomic E-state index is -0.462. The summed E-state index contributed by atoms with van der Waals surface area (Å²) in [6.07, 6.45) is 3.41. The van der Waals surface area contributed by atoms with Gasteiger partial charge in [-0.05, 0) is 42.5 Å². The van der Waals surface area contributed by atoms with Crippen molar-refractivity contribution in [2.45, 2.75) is 0 Å². The molecule has 148 valence electrons. The predicted octanol–water partition coefficient (Wildman–Crippen LogP) is 3.37. The molecule has 3 aromatic rings. The number of nitrogens with one attached hydrogen (secondary N) is 1. The number of benzene rings is 1. The molecule has 1 amide bonds. The third kappa shape index (κ3) is 4.43. The van der Waals surface area contributed by atoms with Gasteiger partial charge in [-0.3, -0.25) is 9.78 Å². The van der Waals surface area contributed by atoms with Crippen LogP contribution in [-0.4, -0.2) is 52.2 Å². The van der Waals surface area contributed by atoms with Crippen LogP contribution in [0.5, 0.6) is 0 Å². The highest BCUT2D eigenvalue weighted by atomic mass is 35.5. The molecule has 0 spiro atoms. The van der Waals surface area contributed by atoms with Crippen molar-refractivity contribution >= 4 is 34.8 Å². The van der Waals surface area contributed by atoms with Crippen molar-refractivity contribution in [2.24, 2.45) is 0 Å². The Morgan fingerprint density at radius 3 is 2.55 bits per heavy atom. The largest absolute Gasteiger partial charge is 0.352 e. The maximum atomic E-state index is 13.2. The van der Waals surface area contributed by atoms with E-state index in [1.165, 1.54) is 12.1 Å². The molecule has 0 radical (unpaired) electrons. The number of nitrogens with zero attached hydrogens (tertiary/aromatic N) is 5. The van der Waals surface area contributed by atoms with E-state index in [0.717, 1.165) is 17.6 Å². The summed E-state index contributed by atoms with van der Waals surface area (Å²) in [4.78, 5) is 20.5. The number of halogens is 2. The van der Waals surface area contributed by atoms with Crippen molar-refractivity contribution in [1.29, 1.82) is 0 Å². The molecule has 0 unspecified atom stereocenters. The summed E-state index contributed by atoms with van der Waals surface area (Å²) in [7, 11) is 0. The molecule has 0 aliphatic carbocycles. The summed E-state index contributed by atoms with van der Waals surface area (Å²) in [5.41, 5.74) is 1.15. The van der Waals surface area contributed by atoms with E-state index in [-0.39, 0.29) is 10.9 Å². The van der Waals surface area contributed by atoms with Gasteiger partial charge in [0.25, 0.3) is 5.91 Å². The second kappa shape index (κ2) is 8.40. The lowest BCUT2D eigenvalue weighted by molar-refractivity contribution is 0.0746. The maximum Gasteiger partial charge on any atom is 0.255 e. The number of hydrogen-bond donors (Lipinski definition) is 1. The topological polar surface area (TPSA) is 74.2 Å². The molecular weight excluding hydrogens is 395 g/mol. The van der Waals surface area contributed by atoms with Crippen molar-refractivity contribution in [3.05, 3.63) is 71.3 Å². The summed E-state index contributed by atoms with van der Waals surface area (Å²) >= 11 is 6.01. The highest BCUT2D eigenvalue weighted by molar-refractivity contribution is 6.33. The van der Waals surface area contributed by atoms with Gasteiger partial charge < -0.3 is 15.1 Å². The third-order valence-electron chi connectivity index (χ3n) is 4.64. The number of carbonyl (C=O) groups excluding carboxylic acids is 1. The van der Waals surface area contributed by atoms with Crippen molar-refractivity contribution < 1.29 is 9.18 Å². The Bertz CT molecular complexity index is 994. The average Bonchev–Trinajstić information content (AvgIpc) is 2.75. The Labute approximate surface area is 172 Å². The first-order chi connectivity index (χ1) is 14.1. The van der Waals surface area contributed by atoms with Crippen LogP contribution in [0, 0.1) is 5.82 Å². The SMILES string of the molecule is O=C(c1ccc(F)cc1Cl)N1CCN(c2ccc(Nc3cccnc3)nn2)CC1. The molecule has 9 heteroatoms. The zero-order chi connectivity index (χ0) is 20.2. The molecule has 1 aliphatic rings. The summed E-state index contributed by atoms with van der Waals surface area (Å²) in [6.45, 7) is 2.27. The first kappa shape index (κ1) is 19.1. The van der Waals surface area contributed by atoms with Crippen LogP contribution in [0.1, 0.15) is 10.4 Å². The highest BCUT2D eigenvalue weighted by Gasteiger charge is 2.24. The molecule has 1 aliphatic heterocycles. The molecule has 1 N–H and O–H groups in total. The normalized spacial score (nSPS) is 14.0. The van der Waals surface area contributed by atoms with E-state index in [4.69, 9.17) is 11.6 Å². The number of amides is 1. The summed E-state index contributed by atoms with van der Waals surface area (Å²) in [6, 6.07) is 11.3. The molecule has 0 bridgehead atoms. The van der Waals surface area contributed by atoms with Gasteiger partial charge >= 0.3 is 0 Å². The van der Waals surface area contributed by atoms with E-state index in [1.807, 2.05) is 24.3 Å². The van der Waals surface area contributed by atoms with Crippen molar-refractivity contribution in [3.63, 3.8) is 0 Å². The van der Waals surface area contributed by atoms with Crippen LogP contribution < -0.4 is 10.2 Å². The monoisotopic (exact) mass is 412 g/mol. The minimum absolute atomic E-state index is 0.125. The van der Waals surface area contributed by atoms with Gasteiger partial charge in [0.05, 0.1) is 22.5 Å². The number of piperazine rings is 1. The summed E-state index contributed by atoms with van der Waals surface area (Å²) in [5.74, 6) is 0.711. The number of pyridine rings is 1. The van der Waals surface area contributed by atoms with Crippen LogP contribution in [-0.2, 0) is 0 Å². The second-order valence-electron chi connectivity index (χ2n) is 6.55. The number of anilines is 3. The fourth-order valence-corrected chi connectivity index (χ4v) is 3.37. The number of hydrogen-bond acceptors (Lipinski definition) is 6. The molecule has 1 saturated heterocycles. The van der Waals surface area contributed by atoms with Crippen LogP contribution in [0.15, 0.2) is 54.9 Å². The van der Waals surface area contributed by atoms with E-state index in [1.54, 1.807) is 17.3 Å². The Balaban J connectivity index is 1.36. The van der Waals surface area contributed by atoms with Crippen molar-refractivity contribution in [1.82, 2.24) is 20.1 Å². The maximum absolute atomic E-state index is 13.2. The van der Waals surface area contributed by atoms with Crippen molar-refractivity contribution in [3.8, 4) is 0 Å². The molecule has 2 aromatic heterocycles. The Kier molecular flexibility index (Phi) is 5.53. The average molecular weight is 413 g/mol. The fourth-order valence-electron chi connectivity index (χ4n) is 3.12. The molecule has 29 heavy (non-hydrogen) atoms. The molecular formula is C20H18ClFN6O. The van der Waals surface area contributed by atoms with Gasteiger partial charge in [-0.1, -0.05) is 11.6 Å². The quantitative estimate of drug-likeness (QED) is 0.708. The molecule has 0 atom stereocenters. The number of carbonyl (C=O) groups is 1. The first-order valence-corrected chi connectivity index (χ1v) is 9.48. The fraction of sp³-hybridized carbons (Fsp3) is 0.200. The van der Waals surface area contributed by atoms with Crippen molar-refractivity contribution in [2.75, 3.05) is 36.4 Å². The van der Waals surface area contributed by atoms with Gasteiger partial charge in [-0.2, -0.15) is 0 Å². The molecule has 7 nitrogen and oxygen atoms in total. The van der Waals surface area contributed by atoms with Gasteiger partial charge in [0.2, 0.25) is 0 Å². The van der Waals surface area contributed by atoms with Crippen LogP contribution in [0.3, 0.4) is 0 Å². The first-order valence-electron chi connectivity index (χ1n) is 9.10. The summed E-state index contributed by atoms with van der Waals surface area (Å²) in [5, 5.41) is 11.7. The van der Waals surface area contributed by atoms with Gasteiger partial charge in [-0.25, -0.2) is 4.39 Å². The van der Waals surface area contributed by atoms with Gasteiger partial charge in [0, 0.05) is 32.4 Å². The Morgan fingerprint density at radius 1 is 1.07 bits per heavy atom. The van der Waals surface area contributed by atoms with Crippen LogP contribution in [0.25, 0.3) is 0 Å². The van der Waals surface area contributed by atoms with E-state index < -0.39 is 5.82 Å². The van der Waals surface area contributed by atoms with E-state index >= 15 is 0 Å². The Morgan fingerprint density at radius 2 is 1.90 bits per heavy atom. The molecule has 1 fully saturated rings. The molecule has 0 saturated carbocycles.